The minimum atomic E-state index is -0.628. The number of non-ortho nitro benzene ring substituents is 1. The molecule has 0 fully saturated rings. The Bertz CT molecular complexity index is 1330. The largest absolute Gasteiger partial charge is 0.507 e. The molecule has 2 amide bonds. The number of ether oxygens (including phenoxy) is 1. The van der Waals surface area contributed by atoms with E-state index >= 15 is 0 Å². The Morgan fingerprint density at radius 3 is 2.06 bits per heavy atom. The number of urea groups is 1. The highest BCUT2D eigenvalue weighted by Crippen LogP contribution is 2.29. The molecule has 0 bridgehead atoms. The van der Waals surface area contributed by atoms with E-state index in [9.17, 15) is 24.8 Å². The van der Waals surface area contributed by atoms with E-state index in [1.165, 1.54) is 12.1 Å². The average molecular weight is 471 g/mol. The van der Waals surface area contributed by atoms with Gasteiger partial charge in [-0.2, -0.15) is 0 Å². The number of amides is 2. The number of primary amides is 1. The molecule has 0 aliphatic heterocycles. The first kappa shape index (κ1) is 24.5. The lowest BCUT2D eigenvalue weighted by Crippen LogP contribution is -2.19. The van der Waals surface area contributed by atoms with Gasteiger partial charge in [0.1, 0.15) is 11.5 Å². The maximum Gasteiger partial charge on any atom is 0.316 e. The molecule has 9 nitrogen and oxygen atoms in total. The fourth-order valence-corrected chi connectivity index (χ4v) is 2.98. The number of aromatic hydroxyl groups is 1. The molecule has 35 heavy (non-hydrogen) atoms. The van der Waals surface area contributed by atoms with Gasteiger partial charge in [0.25, 0.3) is 5.69 Å². The molecular formula is C26H21N3O6. The highest BCUT2D eigenvalue weighted by atomic mass is 16.6. The molecular weight excluding hydrogens is 450 g/mol. The van der Waals surface area contributed by atoms with E-state index < -0.39 is 16.7 Å². The lowest BCUT2D eigenvalue weighted by molar-refractivity contribution is -0.384. The minimum absolute atomic E-state index is 0.0480. The van der Waals surface area contributed by atoms with Crippen LogP contribution in [0.15, 0.2) is 103 Å². The lowest BCUT2D eigenvalue weighted by atomic mass is 10.0. The highest BCUT2D eigenvalue weighted by molar-refractivity contribution is 6.10. The van der Waals surface area contributed by atoms with Crippen molar-refractivity contribution in [3.63, 3.8) is 0 Å². The van der Waals surface area contributed by atoms with Gasteiger partial charge in [-0.3, -0.25) is 14.9 Å². The number of anilines is 1. The normalized spacial score (nSPS) is 9.83. The predicted octanol–water partition coefficient (Wildman–Crippen LogP) is 5.50. The van der Waals surface area contributed by atoms with E-state index in [0.717, 1.165) is 6.07 Å². The topological polar surface area (TPSA) is 145 Å². The second-order valence-corrected chi connectivity index (χ2v) is 7.05. The van der Waals surface area contributed by atoms with Crippen LogP contribution in [-0.4, -0.2) is 21.8 Å². The third kappa shape index (κ3) is 6.90. The second kappa shape index (κ2) is 11.6. The molecule has 0 aromatic heterocycles. The summed E-state index contributed by atoms with van der Waals surface area (Å²) in [6.07, 6.45) is 0. The van der Waals surface area contributed by atoms with Crippen LogP contribution >= 0.6 is 0 Å². The van der Waals surface area contributed by atoms with E-state index in [2.05, 4.69) is 5.32 Å². The number of benzene rings is 4. The van der Waals surface area contributed by atoms with Crippen LogP contribution in [0.25, 0.3) is 0 Å². The van der Waals surface area contributed by atoms with Crippen LogP contribution in [0.4, 0.5) is 16.2 Å². The van der Waals surface area contributed by atoms with Gasteiger partial charge in [0.05, 0.1) is 22.2 Å². The molecule has 4 rings (SSSR count). The number of nitro benzene ring substituents is 1. The first-order valence-electron chi connectivity index (χ1n) is 10.3. The van der Waals surface area contributed by atoms with Crippen molar-refractivity contribution in [2.45, 2.75) is 0 Å². The fourth-order valence-electron chi connectivity index (χ4n) is 2.98. The molecule has 0 aliphatic carbocycles. The molecule has 0 saturated heterocycles. The van der Waals surface area contributed by atoms with Crippen molar-refractivity contribution in [1.29, 1.82) is 0 Å². The molecule has 0 heterocycles. The molecule has 0 atom stereocenters. The second-order valence-electron chi connectivity index (χ2n) is 7.05. The average Bonchev–Trinajstić information content (AvgIpc) is 2.86. The number of para-hydroxylation sites is 3. The zero-order valence-electron chi connectivity index (χ0n) is 18.3. The van der Waals surface area contributed by atoms with Crippen LogP contribution in [0.1, 0.15) is 15.9 Å². The van der Waals surface area contributed by atoms with Crippen LogP contribution in [0.5, 0.6) is 17.2 Å². The van der Waals surface area contributed by atoms with Crippen LogP contribution < -0.4 is 15.8 Å². The number of rotatable bonds is 6. The van der Waals surface area contributed by atoms with Crippen LogP contribution in [0.2, 0.25) is 0 Å². The van der Waals surface area contributed by atoms with Crippen molar-refractivity contribution in [3.8, 4) is 17.2 Å². The van der Waals surface area contributed by atoms with Crippen molar-refractivity contribution in [1.82, 2.24) is 0 Å². The summed E-state index contributed by atoms with van der Waals surface area (Å²) < 4.78 is 5.64. The smallest absolute Gasteiger partial charge is 0.316 e. The summed E-state index contributed by atoms with van der Waals surface area (Å²) in [7, 11) is 0. The van der Waals surface area contributed by atoms with Gasteiger partial charge in [-0.05, 0) is 30.3 Å². The summed E-state index contributed by atoms with van der Waals surface area (Å²) in [5, 5.41) is 22.7. The summed E-state index contributed by atoms with van der Waals surface area (Å²) in [6.45, 7) is 0. The molecule has 0 saturated carbocycles. The van der Waals surface area contributed by atoms with Crippen molar-refractivity contribution in [3.05, 3.63) is 124 Å². The van der Waals surface area contributed by atoms with Gasteiger partial charge < -0.3 is 20.9 Å². The third-order valence-electron chi connectivity index (χ3n) is 4.59. The summed E-state index contributed by atoms with van der Waals surface area (Å²) in [4.78, 5) is 32.7. The monoisotopic (exact) mass is 471 g/mol. The number of nitrogens with two attached hydrogens (primary N) is 1. The van der Waals surface area contributed by atoms with E-state index in [1.54, 1.807) is 48.5 Å². The Hall–Kier alpha value is -5.18. The van der Waals surface area contributed by atoms with Crippen LogP contribution in [0.3, 0.4) is 0 Å². The zero-order chi connectivity index (χ0) is 25.2. The van der Waals surface area contributed by atoms with E-state index in [0.29, 0.717) is 22.7 Å². The SMILES string of the molecule is NC(=O)Nc1ccccc1Oc1ccccc1.O=C(c1ccccc1)c1ccc([N+](=O)[O-])cc1O. The Morgan fingerprint density at radius 1 is 0.857 bits per heavy atom. The number of hydrogen-bond donors (Lipinski definition) is 3. The van der Waals surface area contributed by atoms with Gasteiger partial charge in [0.15, 0.2) is 11.5 Å². The van der Waals surface area contributed by atoms with Crippen molar-refractivity contribution in [2.24, 2.45) is 5.73 Å². The Labute approximate surface area is 200 Å². The number of nitrogens with zero attached hydrogens (tertiary/aromatic N) is 1. The number of nitrogens with one attached hydrogen (secondary N) is 1. The minimum Gasteiger partial charge on any atom is -0.507 e. The summed E-state index contributed by atoms with van der Waals surface area (Å²) in [6, 6.07) is 27.6. The predicted molar refractivity (Wildman–Crippen MR) is 131 cm³/mol. The number of carbonyl (C=O) groups is 2. The van der Waals surface area contributed by atoms with Gasteiger partial charge in [-0.1, -0.05) is 60.7 Å². The summed E-state index contributed by atoms with van der Waals surface area (Å²) in [5.74, 6) is 0.491. The molecule has 0 radical (unpaired) electrons. The van der Waals surface area contributed by atoms with Crippen molar-refractivity contribution in [2.75, 3.05) is 5.32 Å². The quantitative estimate of drug-likeness (QED) is 0.192. The third-order valence-corrected chi connectivity index (χ3v) is 4.59. The number of hydrogen-bond acceptors (Lipinski definition) is 6. The molecule has 4 aromatic carbocycles. The maximum atomic E-state index is 12.0. The molecule has 176 valence electrons. The fraction of sp³-hybridized carbons (Fsp3) is 0. The molecule has 0 spiro atoms. The Morgan fingerprint density at radius 2 is 1.46 bits per heavy atom. The van der Waals surface area contributed by atoms with Crippen LogP contribution in [0, 0.1) is 10.1 Å². The lowest BCUT2D eigenvalue weighted by Gasteiger charge is -2.10. The zero-order valence-corrected chi connectivity index (χ0v) is 18.3. The summed E-state index contributed by atoms with van der Waals surface area (Å²) in [5.41, 5.74) is 5.84. The number of phenols is 1. The molecule has 0 unspecified atom stereocenters. The molecule has 4 N–H and O–H groups in total. The number of nitro groups is 1. The number of ketones is 1. The van der Waals surface area contributed by atoms with E-state index in [1.807, 2.05) is 36.4 Å². The van der Waals surface area contributed by atoms with Gasteiger partial charge in [-0.15, -0.1) is 0 Å². The highest BCUT2D eigenvalue weighted by Gasteiger charge is 2.16. The van der Waals surface area contributed by atoms with Crippen molar-refractivity contribution >= 4 is 23.2 Å². The van der Waals surface area contributed by atoms with Gasteiger partial charge in [0, 0.05) is 11.6 Å². The van der Waals surface area contributed by atoms with Gasteiger partial charge >= 0.3 is 6.03 Å². The molecule has 9 heteroatoms. The molecule has 4 aromatic rings. The molecule has 0 aliphatic rings. The van der Waals surface area contributed by atoms with Crippen LogP contribution in [-0.2, 0) is 0 Å². The van der Waals surface area contributed by atoms with Crippen molar-refractivity contribution < 1.29 is 24.4 Å². The summed E-state index contributed by atoms with van der Waals surface area (Å²) >= 11 is 0. The first-order chi connectivity index (χ1) is 16.8. The van der Waals surface area contributed by atoms with Gasteiger partial charge in [0.2, 0.25) is 0 Å². The van der Waals surface area contributed by atoms with Gasteiger partial charge in [-0.25, -0.2) is 4.79 Å². The maximum absolute atomic E-state index is 12.0. The Balaban J connectivity index is 0.000000196. The van der Waals surface area contributed by atoms with E-state index in [-0.39, 0.29) is 17.0 Å². The van der Waals surface area contributed by atoms with E-state index in [4.69, 9.17) is 10.5 Å². The number of carbonyl (C=O) groups excluding carboxylic acids is 2. The number of phenolic OH excluding ortho intramolecular Hbond substituents is 1. The first-order valence-corrected chi connectivity index (χ1v) is 10.3. The standard InChI is InChI=1S/C13H12N2O2.C13H9NO4/c14-13(16)15-11-8-4-5-9-12(11)17-10-6-2-1-3-7-10;15-12-8-10(14(17)18)6-7-11(12)13(16)9-4-2-1-3-5-9/h1-9H,(H3,14,15,16);1-8,15H. The Kier molecular flexibility index (Phi) is 8.12.